The summed E-state index contributed by atoms with van der Waals surface area (Å²) in [5.74, 6) is -2.88. The summed E-state index contributed by atoms with van der Waals surface area (Å²) in [5.41, 5.74) is -0.170. The molecule has 214 valence electrons. The molecule has 1 aromatic heterocycles. The lowest BCUT2D eigenvalue weighted by Gasteiger charge is -2.38. The van der Waals surface area contributed by atoms with Crippen molar-refractivity contribution in [1.82, 2.24) is 4.90 Å². The van der Waals surface area contributed by atoms with Crippen molar-refractivity contribution in [2.24, 2.45) is 0 Å². The van der Waals surface area contributed by atoms with E-state index in [4.69, 9.17) is 25.5 Å². The highest BCUT2D eigenvalue weighted by atomic mass is 35.5. The molecule has 0 bridgehead atoms. The average molecular weight is 578 g/mol. The van der Waals surface area contributed by atoms with Gasteiger partial charge in [-0.1, -0.05) is 23.7 Å². The van der Waals surface area contributed by atoms with Crippen molar-refractivity contribution in [2.75, 3.05) is 20.1 Å². The standard InChI is InChI=1S/C27H28ClNO11/c1-29-7-6-12(16(32)10-29)19-14(30)9-18(39-27-23(35)21(33)22(34)25(40-27)26(36)37)20-15(31)8-17(38-24(19)20)11-4-2-3-5-13(11)28/h2-5,8-9,12,16,21-23,25,27,30,32-35H,6-7,10H2,1H3,(H,36,37)/t12-,16+,21-,22-,23+,25-,27+/m0/s1. The molecule has 7 atom stereocenters. The molecule has 3 heterocycles. The molecule has 2 aliphatic heterocycles. The Morgan fingerprint density at radius 3 is 2.50 bits per heavy atom. The summed E-state index contributed by atoms with van der Waals surface area (Å²) in [7, 11) is 1.84. The van der Waals surface area contributed by atoms with Gasteiger partial charge in [0.2, 0.25) is 6.29 Å². The van der Waals surface area contributed by atoms with E-state index >= 15 is 0 Å². The SMILES string of the molecule is CN1CC[C@H](c2c(O)cc(O[C@@H]3O[C@H](C(=O)O)[C@@H](O)[C@H](O)[C@H]3O)c3c(=O)cc(-c4ccccc4Cl)oc23)[C@H](O)C1. The predicted molar refractivity (Wildman–Crippen MR) is 140 cm³/mol. The summed E-state index contributed by atoms with van der Waals surface area (Å²) in [6.07, 6.45) is -10.1. The highest BCUT2D eigenvalue weighted by molar-refractivity contribution is 6.33. The maximum atomic E-state index is 13.6. The van der Waals surface area contributed by atoms with Gasteiger partial charge in [-0.15, -0.1) is 0 Å². The van der Waals surface area contributed by atoms with Crippen LogP contribution >= 0.6 is 11.6 Å². The molecule has 2 fully saturated rings. The normalized spacial score (nSPS) is 29.4. The molecule has 40 heavy (non-hydrogen) atoms. The van der Waals surface area contributed by atoms with Gasteiger partial charge in [0.15, 0.2) is 11.5 Å². The lowest BCUT2D eigenvalue weighted by molar-refractivity contribution is -0.270. The molecule has 13 heteroatoms. The summed E-state index contributed by atoms with van der Waals surface area (Å²) in [6.45, 7) is 0.894. The van der Waals surface area contributed by atoms with Crippen LogP contribution in [0.4, 0.5) is 0 Å². The van der Waals surface area contributed by atoms with Crippen LogP contribution < -0.4 is 10.2 Å². The minimum atomic E-state index is -1.95. The molecule has 0 saturated carbocycles. The number of phenolic OH excluding ortho intramolecular Hbond substituents is 1. The fourth-order valence-electron chi connectivity index (χ4n) is 5.25. The summed E-state index contributed by atoms with van der Waals surface area (Å²) in [6, 6.07) is 8.90. The third kappa shape index (κ3) is 5.03. The highest BCUT2D eigenvalue weighted by Gasteiger charge is 2.48. The lowest BCUT2D eigenvalue weighted by Crippen LogP contribution is -2.61. The molecule has 3 aromatic rings. The van der Waals surface area contributed by atoms with Crippen molar-refractivity contribution in [2.45, 2.75) is 49.1 Å². The van der Waals surface area contributed by atoms with Crippen molar-refractivity contribution < 1.29 is 49.3 Å². The van der Waals surface area contributed by atoms with E-state index in [1.54, 1.807) is 24.3 Å². The molecule has 2 aromatic carbocycles. The molecule has 0 unspecified atom stereocenters. The molecule has 12 nitrogen and oxygen atoms in total. The number of nitrogens with zero attached hydrogens (tertiary/aromatic N) is 1. The second-order valence-corrected chi connectivity index (χ2v) is 10.5. The molecule has 2 saturated heterocycles. The van der Waals surface area contributed by atoms with E-state index in [9.17, 15) is 40.2 Å². The van der Waals surface area contributed by atoms with Crippen LogP contribution in [0.15, 0.2) is 45.6 Å². The first kappa shape index (κ1) is 28.3. The van der Waals surface area contributed by atoms with Crippen LogP contribution in [0.5, 0.6) is 11.5 Å². The van der Waals surface area contributed by atoms with Crippen LogP contribution in [0, 0.1) is 0 Å². The highest BCUT2D eigenvalue weighted by Crippen LogP contribution is 2.44. The maximum absolute atomic E-state index is 13.6. The van der Waals surface area contributed by atoms with E-state index < -0.39 is 59.9 Å². The number of rotatable bonds is 5. The number of aliphatic hydroxyl groups excluding tert-OH is 4. The number of β-amino-alcohol motifs (C(OH)–C–C–N with tert-alkyl or cyclic N) is 1. The number of likely N-dealkylation sites (tertiary alicyclic amines) is 1. The van der Waals surface area contributed by atoms with Gasteiger partial charge >= 0.3 is 5.97 Å². The zero-order valence-electron chi connectivity index (χ0n) is 21.2. The van der Waals surface area contributed by atoms with Gasteiger partial charge in [-0.2, -0.15) is 0 Å². The number of ether oxygens (including phenoxy) is 2. The van der Waals surface area contributed by atoms with Gasteiger partial charge in [-0.05, 0) is 32.1 Å². The first-order valence-electron chi connectivity index (χ1n) is 12.5. The Balaban J connectivity index is 1.68. The Labute approximate surface area is 232 Å². The van der Waals surface area contributed by atoms with Crippen molar-refractivity contribution >= 4 is 28.5 Å². The summed E-state index contributed by atoms with van der Waals surface area (Å²) in [5, 5.41) is 62.2. The fourth-order valence-corrected chi connectivity index (χ4v) is 5.48. The number of hydrogen-bond acceptors (Lipinski definition) is 11. The van der Waals surface area contributed by atoms with E-state index in [0.29, 0.717) is 30.1 Å². The maximum Gasteiger partial charge on any atom is 0.335 e. The van der Waals surface area contributed by atoms with E-state index in [1.807, 2.05) is 11.9 Å². The average Bonchev–Trinajstić information content (AvgIpc) is 2.89. The van der Waals surface area contributed by atoms with E-state index in [-0.39, 0.29) is 28.0 Å². The Kier molecular flexibility index (Phi) is 7.77. The van der Waals surface area contributed by atoms with Crippen LogP contribution in [0.1, 0.15) is 17.9 Å². The molecular weight excluding hydrogens is 550 g/mol. The monoisotopic (exact) mass is 577 g/mol. The number of aromatic hydroxyl groups is 1. The smallest absolute Gasteiger partial charge is 0.335 e. The summed E-state index contributed by atoms with van der Waals surface area (Å²) >= 11 is 6.34. The molecule has 0 spiro atoms. The number of halogens is 1. The first-order valence-corrected chi connectivity index (χ1v) is 12.9. The van der Waals surface area contributed by atoms with Crippen molar-refractivity contribution in [3.63, 3.8) is 0 Å². The topological polar surface area (TPSA) is 190 Å². The van der Waals surface area contributed by atoms with Crippen molar-refractivity contribution in [3.05, 3.63) is 57.2 Å². The number of benzene rings is 2. The Morgan fingerprint density at radius 2 is 1.82 bits per heavy atom. The fraction of sp³-hybridized carbons (Fsp3) is 0.407. The van der Waals surface area contributed by atoms with E-state index in [1.165, 1.54) is 6.07 Å². The Morgan fingerprint density at radius 1 is 1.10 bits per heavy atom. The summed E-state index contributed by atoms with van der Waals surface area (Å²) < 4.78 is 17.0. The quantitative estimate of drug-likeness (QED) is 0.251. The number of carboxylic acids is 1. The minimum Gasteiger partial charge on any atom is -0.507 e. The van der Waals surface area contributed by atoms with E-state index in [0.717, 1.165) is 6.07 Å². The van der Waals surface area contributed by atoms with E-state index in [2.05, 4.69) is 0 Å². The van der Waals surface area contributed by atoms with Gasteiger partial charge in [0, 0.05) is 35.7 Å². The first-order chi connectivity index (χ1) is 19.0. The minimum absolute atomic E-state index is 0.0850. The van der Waals surface area contributed by atoms with Crippen LogP contribution in [0.3, 0.4) is 0 Å². The van der Waals surface area contributed by atoms with Gasteiger partial charge in [0.1, 0.15) is 46.5 Å². The molecule has 6 N–H and O–H groups in total. The van der Waals surface area contributed by atoms with Gasteiger partial charge in [-0.3, -0.25) is 4.79 Å². The molecule has 2 aliphatic rings. The third-order valence-electron chi connectivity index (χ3n) is 7.33. The van der Waals surface area contributed by atoms with Crippen LogP contribution in [-0.2, 0) is 9.53 Å². The number of carboxylic acid groups (broad SMARTS) is 1. The van der Waals surface area contributed by atoms with Crippen LogP contribution in [0.2, 0.25) is 5.02 Å². The molecule has 5 rings (SSSR count). The van der Waals surface area contributed by atoms with Crippen molar-refractivity contribution in [3.8, 4) is 22.8 Å². The number of fused-ring (bicyclic) bond motifs is 1. The third-order valence-corrected chi connectivity index (χ3v) is 7.66. The number of aliphatic carboxylic acids is 1. The largest absolute Gasteiger partial charge is 0.507 e. The molecule has 0 aliphatic carbocycles. The lowest BCUT2D eigenvalue weighted by atomic mass is 9.85. The zero-order chi connectivity index (χ0) is 28.9. The predicted octanol–water partition coefficient (Wildman–Crippen LogP) is 0.870. The second kappa shape index (κ2) is 11.0. The zero-order valence-corrected chi connectivity index (χ0v) is 21.9. The number of hydrogen-bond donors (Lipinski definition) is 6. The van der Waals surface area contributed by atoms with Crippen LogP contribution in [0.25, 0.3) is 22.3 Å². The number of likely N-dealkylation sites (N-methyl/N-ethyl adjacent to an activating group) is 1. The number of aliphatic hydroxyl groups is 4. The van der Waals surface area contributed by atoms with Gasteiger partial charge in [0.05, 0.1) is 11.1 Å². The molecule has 0 radical (unpaired) electrons. The summed E-state index contributed by atoms with van der Waals surface area (Å²) in [4.78, 5) is 27.0. The number of carbonyl (C=O) groups is 1. The van der Waals surface area contributed by atoms with Crippen molar-refractivity contribution in [1.29, 1.82) is 0 Å². The molecule has 0 amide bonds. The van der Waals surface area contributed by atoms with Gasteiger partial charge in [-0.25, -0.2) is 4.79 Å². The van der Waals surface area contributed by atoms with Crippen LogP contribution in [-0.4, -0.2) is 98.5 Å². The Bertz CT molecular complexity index is 1490. The number of piperidine rings is 1. The van der Waals surface area contributed by atoms with Gasteiger partial charge in [0.25, 0.3) is 0 Å². The van der Waals surface area contributed by atoms with Gasteiger partial charge < -0.3 is 49.4 Å². The second-order valence-electron chi connectivity index (χ2n) is 10.0. The number of phenols is 1. The molecular formula is C27H28ClNO11. The Hall–Kier alpha value is -3.23.